The van der Waals surface area contributed by atoms with Crippen molar-refractivity contribution in [3.63, 3.8) is 0 Å². The average molecular weight is 407 g/mol. The van der Waals surface area contributed by atoms with Crippen LogP contribution in [-0.4, -0.2) is 45.8 Å². The number of benzene rings is 1. The first-order chi connectivity index (χ1) is 14.7. The van der Waals surface area contributed by atoms with Gasteiger partial charge in [-0.1, -0.05) is 24.6 Å². The third-order valence-corrected chi connectivity index (χ3v) is 8.37. The van der Waals surface area contributed by atoms with Gasteiger partial charge in [-0.05, 0) is 88.3 Å². The van der Waals surface area contributed by atoms with E-state index in [1.165, 1.54) is 70.9 Å². The smallest absolute Gasteiger partial charge is 0.272 e. The third kappa shape index (κ3) is 3.35. The lowest BCUT2D eigenvalue weighted by molar-refractivity contribution is -0.0167. The lowest BCUT2D eigenvalue weighted by Crippen LogP contribution is -2.59. The third-order valence-electron chi connectivity index (χ3n) is 8.37. The largest absolute Gasteiger partial charge is 0.345 e. The van der Waals surface area contributed by atoms with Crippen molar-refractivity contribution in [2.75, 3.05) is 19.6 Å². The Morgan fingerprint density at radius 3 is 2.33 bits per heavy atom. The van der Waals surface area contributed by atoms with Crippen molar-refractivity contribution in [3.8, 4) is 0 Å². The van der Waals surface area contributed by atoms with E-state index in [-0.39, 0.29) is 11.4 Å². The zero-order valence-corrected chi connectivity index (χ0v) is 18.0. The molecular weight excluding hydrogens is 372 g/mol. The predicted octanol–water partition coefficient (Wildman–Crippen LogP) is 4.22. The number of hydrogen-bond donors (Lipinski definition) is 1. The van der Waals surface area contributed by atoms with Crippen molar-refractivity contribution < 1.29 is 4.79 Å². The second kappa shape index (κ2) is 7.37. The van der Waals surface area contributed by atoms with Gasteiger partial charge in [0.25, 0.3) is 5.91 Å². The normalized spacial score (nSPS) is 33.3. The Labute approximate surface area is 179 Å². The minimum absolute atomic E-state index is 0.0323. The highest BCUT2D eigenvalue weighted by atomic mass is 16.2. The van der Waals surface area contributed by atoms with Gasteiger partial charge in [-0.2, -0.15) is 5.10 Å². The zero-order valence-electron chi connectivity index (χ0n) is 18.0. The predicted molar refractivity (Wildman–Crippen MR) is 118 cm³/mol. The van der Waals surface area contributed by atoms with Gasteiger partial charge in [0.1, 0.15) is 0 Å². The van der Waals surface area contributed by atoms with Crippen LogP contribution in [0.25, 0.3) is 10.9 Å². The number of amides is 1. The van der Waals surface area contributed by atoms with Crippen LogP contribution in [0.1, 0.15) is 68.3 Å². The highest BCUT2D eigenvalue weighted by Gasteiger charge is 2.51. The minimum atomic E-state index is 0.0323. The number of aromatic nitrogens is 2. The van der Waals surface area contributed by atoms with Crippen LogP contribution in [0.15, 0.2) is 24.3 Å². The minimum Gasteiger partial charge on any atom is -0.345 e. The molecular formula is C25H34N4O. The summed E-state index contributed by atoms with van der Waals surface area (Å²) >= 11 is 0. The molecule has 5 aliphatic rings. The fourth-order valence-corrected chi connectivity index (χ4v) is 7.45. The molecule has 0 spiro atoms. The molecule has 2 aromatic rings. The maximum Gasteiger partial charge on any atom is 0.272 e. The van der Waals surface area contributed by atoms with Gasteiger partial charge in [-0.25, -0.2) is 0 Å². The van der Waals surface area contributed by atoms with Crippen molar-refractivity contribution in [1.82, 2.24) is 20.0 Å². The molecule has 5 heteroatoms. The Morgan fingerprint density at radius 1 is 0.967 bits per heavy atom. The molecule has 1 saturated heterocycles. The molecule has 1 amide bonds. The monoisotopic (exact) mass is 406 g/mol. The SMILES string of the molecule is O=C(NC12CC3CC(CC(C3)C1)C2)c1nn(CCN2CCCCC2)c2ccccc12. The Bertz CT molecular complexity index is 906. The van der Waals surface area contributed by atoms with Crippen LogP contribution in [0.5, 0.6) is 0 Å². The summed E-state index contributed by atoms with van der Waals surface area (Å²) in [5, 5.41) is 9.37. The van der Waals surface area contributed by atoms with E-state index in [9.17, 15) is 4.79 Å². The molecule has 7 rings (SSSR count). The molecule has 1 aromatic carbocycles. The molecule has 30 heavy (non-hydrogen) atoms. The van der Waals surface area contributed by atoms with E-state index in [2.05, 4.69) is 33.1 Å². The van der Waals surface area contributed by atoms with Crippen molar-refractivity contribution in [2.24, 2.45) is 17.8 Å². The van der Waals surface area contributed by atoms with E-state index in [0.717, 1.165) is 41.7 Å². The van der Waals surface area contributed by atoms with E-state index in [4.69, 9.17) is 5.10 Å². The van der Waals surface area contributed by atoms with Gasteiger partial charge in [-0.15, -0.1) is 0 Å². The Morgan fingerprint density at radius 2 is 1.63 bits per heavy atom. The van der Waals surface area contributed by atoms with Gasteiger partial charge in [0.15, 0.2) is 5.69 Å². The second-order valence-electron chi connectivity index (χ2n) is 10.6. The van der Waals surface area contributed by atoms with Gasteiger partial charge < -0.3 is 10.2 Å². The van der Waals surface area contributed by atoms with Gasteiger partial charge in [-0.3, -0.25) is 9.48 Å². The Balaban J connectivity index is 1.23. The number of fused-ring (bicyclic) bond motifs is 1. The maximum atomic E-state index is 13.5. The van der Waals surface area contributed by atoms with Crippen LogP contribution in [0.4, 0.5) is 0 Å². The summed E-state index contributed by atoms with van der Waals surface area (Å²) in [4.78, 5) is 16.0. The van der Waals surface area contributed by atoms with Crippen LogP contribution in [-0.2, 0) is 6.54 Å². The maximum absolute atomic E-state index is 13.5. The summed E-state index contributed by atoms with van der Waals surface area (Å²) in [6.45, 7) is 4.25. The van der Waals surface area contributed by atoms with Crippen molar-refractivity contribution >= 4 is 16.8 Å². The number of nitrogens with zero attached hydrogens (tertiary/aromatic N) is 3. The number of piperidine rings is 1. The van der Waals surface area contributed by atoms with E-state index in [0.29, 0.717) is 5.69 Å². The molecule has 1 aliphatic heterocycles. The highest BCUT2D eigenvalue weighted by molar-refractivity contribution is 6.05. The quantitative estimate of drug-likeness (QED) is 0.809. The number of carbonyl (C=O) groups excluding carboxylic acids is 1. The number of carbonyl (C=O) groups is 1. The number of nitrogens with one attached hydrogen (secondary N) is 1. The second-order valence-corrected chi connectivity index (χ2v) is 10.6. The van der Waals surface area contributed by atoms with Crippen LogP contribution < -0.4 is 5.32 Å². The molecule has 4 bridgehead atoms. The molecule has 0 radical (unpaired) electrons. The van der Waals surface area contributed by atoms with E-state index >= 15 is 0 Å². The first kappa shape index (κ1) is 18.9. The summed E-state index contributed by atoms with van der Waals surface area (Å²) in [6.07, 6.45) is 11.7. The summed E-state index contributed by atoms with van der Waals surface area (Å²) in [7, 11) is 0. The number of likely N-dealkylation sites (tertiary alicyclic amines) is 1. The summed E-state index contributed by atoms with van der Waals surface area (Å²) < 4.78 is 2.07. The molecule has 5 fully saturated rings. The summed E-state index contributed by atoms with van der Waals surface area (Å²) in [6, 6.07) is 8.26. The standard InChI is InChI=1S/C25H34N4O/c30-24(26-25-15-18-12-19(16-25)14-20(13-18)17-25)23-21-6-2-3-7-22(21)29(27-23)11-10-28-8-4-1-5-9-28/h2-3,6-7,18-20H,1,4-5,8-17H2,(H,26,30). The molecule has 160 valence electrons. The lowest BCUT2D eigenvalue weighted by Gasteiger charge is -2.56. The van der Waals surface area contributed by atoms with Gasteiger partial charge >= 0.3 is 0 Å². The topological polar surface area (TPSA) is 50.2 Å². The molecule has 5 nitrogen and oxygen atoms in total. The lowest BCUT2D eigenvalue weighted by atomic mass is 9.53. The molecule has 4 saturated carbocycles. The van der Waals surface area contributed by atoms with Gasteiger partial charge in [0, 0.05) is 17.5 Å². The van der Waals surface area contributed by atoms with Crippen LogP contribution >= 0.6 is 0 Å². The Kier molecular flexibility index (Phi) is 4.63. The van der Waals surface area contributed by atoms with Gasteiger partial charge in [0.2, 0.25) is 0 Å². The van der Waals surface area contributed by atoms with E-state index in [1.807, 2.05) is 6.07 Å². The van der Waals surface area contributed by atoms with Crippen LogP contribution in [0, 0.1) is 17.8 Å². The zero-order chi connectivity index (χ0) is 20.1. The number of rotatable bonds is 5. The fourth-order valence-electron chi connectivity index (χ4n) is 7.45. The van der Waals surface area contributed by atoms with E-state index < -0.39 is 0 Å². The number of para-hydroxylation sites is 1. The number of hydrogen-bond acceptors (Lipinski definition) is 3. The van der Waals surface area contributed by atoms with Crippen LogP contribution in [0.3, 0.4) is 0 Å². The average Bonchev–Trinajstić information content (AvgIpc) is 3.11. The molecule has 2 heterocycles. The molecule has 4 aliphatic carbocycles. The van der Waals surface area contributed by atoms with Gasteiger partial charge in [0.05, 0.1) is 12.1 Å². The summed E-state index contributed by atoms with van der Waals surface area (Å²) in [5.74, 6) is 2.53. The highest BCUT2D eigenvalue weighted by Crippen LogP contribution is 2.55. The first-order valence-corrected chi connectivity index (χ1v) is 12.2. The van der Waals surface area contributed by atoms with Crippen LogP contribution in [0.2, 0.25) is 0 Å². The summed E-state index contributed by atoms with van der Waals surface area (Å²) in [5.41, 5.74) is 1.75. The molecule has 1 aromatic heterocycles. The molecule has 1 N–H and O–H groups in total. The molecule has 0 atom stereocenters. The van der Waals surface area contributed by atoms with Crippen molar-refractivity contribution in [3.05, 3.63) is 30.0 Å². The Hall–Kier alpha value is -1.88. The van der Waals surface area contributed by atoms with Crippen molar-refractivity contribution in [1.29, 1.82) is 0 Å². The first-order valence-electron chi connectivity index (χ1n) is 12.2. The molecule has 0 unspecified atom stereocenters. The van der Waals surface area contributed by atoms with Crippen molar-refractivity contribution in [2.45, 2.75) is 69.9 Å². The fraction of sp³-hybridized carbons (Fsp3) is 0.680. The van der Waals surface area contributed by atoms with E-state index in [1.54, 1.807) is 0 Å².